The number of amides is 1. The molecule has 0 aliphatic heterocycles. The van der Waals surface area contributed by atoms with Crippen LogP contribution < -0.4 is 5.32 Å². The van der Waals surface area contributed by atoms with Crippen molar-refractivity contribution in [2.45, 2.75) is 37.6 Å². The molecule has 0 bridgehead atoms. The highest BCUT2D eigenvalue weighted by atomic mass is 19.4. The Morgan fingerprint density at radius 3 is 2.38 bits per heavy atom. The summed E-state index contributed by atoms with van der Waals surface area (Å²) in [5.74, 6) is -1.02. The first-order chi connectivity index (χ1) is 5.87. The Bertz CT molecular complexity index is 198. The van der Waals surface area contributed by atoms with Gasteiger partial charge in [0.05, 0.1) is 6.10 Å². The Balaban J connectivity index is 2.19. The molecule has 76 valence electrons. The molecular formula is C7H10F3NO2. The molecule has 1 saturated carbocycles. The zero-order valence-electron chi connectivity index (χ0n) is 6.77. The summed E-state index contributed by atoms with van der Waals surface area (Å²) in [5, 5.41) is 11.0. The number of alkyl halides is 3. The van der Waals surface area contributed by atoms with Crippen LogP contribution in [0.25, 0.3) is 0 Å². The number of aliphatic hydroxyl groups excluding tert-OH is 1. The van der Waals surface area contributed by atoms with E-state index in [0.717, 1.165) is 0 Å². The van der Waals surface area contributed by atoms with Gasteiger partial charge in [0.15, 0.2) is 0 Å². The van der Waals surface area contributed by atoms with Gasteiger partial charge < -0.3 is 10.4 Å². The van der Waals surface area contributed by atoms with Crippen molar-refractivity contribution in [1.29, 1.82) is 0 Å². The standard InChI is InChI=1S/C7H10F3NO2/c8-7(9,10)3-6(13)11-4-1-5(12)2-4/h4-5,12H,1-3H2,(H,11,13). The van der Waals surface area contributed by atoms with E-state index >= 15 is 0 Å². The zero-order valence-corrected chi connectivity index (χ0v) is 6.77. The van der Waals surface area contributed by atoms with Crippen molar-refractivity contribution >= 4 is 5.91 Å². The summed E-state index contributed by atoms with van der Waals surface area (Å²) in [7, 11) is 0. The highest BCUT2D eigenvalue weighted by Gasteiger charge is 2.34. The van der Waals surface area contributed by atoms with Gasteiger partial charge >= 0.3 is 6.18 Å². The summed E-state index contributed by atoms with van der Waals surface area (Å²) < 4.78 is 34.9. The largest absolute Gasteiger partial charge is 0.397 e. The van der Waals surface area contributed by atoms with Gasteiger partial charge in [0.1, 0.15) is 6.42 Å². The summed E-state index contributed by atoms with van der Waals surface area (Å²) in [4.78, 5) is 10.7. The fourth-order valence-electron chi connectivity index (χ4n) is 1.17. The number of nitrogens with one attached hydrogen (secondary N) is 1. The van der Waals surface area contributed by atoms with Crippen molar-refractivity contribution < 1.29 is 23.1 Å². The molecular weight excluding hydrogens is 187 g/mol. The lowest BCUT2D eigenvalue weighted by atomic mass is 9.89. The molecule has 0 radical (unpaired) electrons. The lowest BCUT2D eigenvalue weighted by molar-refractivity contribution is -0.155. The first-order valence-corrected chi connectivity index (χ1v) is 3.91. The fourth-order valence-corrected chi connectivity index (χ4v) is 1.17. The molecule has 2 N–H and O–H groups in total. The fraction of sp³-hybridized carbons (Fsp3) is 0.857. The Morgan fingerprint density at radius 2 is 2.00 bits per heavy atom. The van der Waals surface area contributed by atoms with E-state index in [1.807, 2.05) is 0 Å². The van der Waals surface area contributed by atoms with E-state index in [1.54, 1.807) is 0 Å². The smallest absolute Gasteiger partial charge is 0.393 e. The third-order valence-corrected chi connectivity index (χ3v) is 1.84. The summed E-state index contributed by atoms with van der Waals surface area (Å²) in [6.45, 7) is 0. The van der Waals surface area contributed by atoms with Crippen LogP contribution >= 0.6 is 0 Å². The second kappa shape index (κ2) is 3.53. The van der Waals surface area contributed by atoms with E-state index in [2.05, 4.69) is 5.32 Å². The van der Waals surface area contributed by atoms with Crippen LogP contribution in [-0.4, -0.2) is 29.3 Å². The molecule has 3 nitrogen and oxygen atoms in total. The summed E-state index contributed by atoms with van der Waals surface area (Å²) in [6.07, 6.45) is -5.67. The van der Waals surface area contributed by atoms with Crippen molar-refractivity contribution in [2.24, 2.45) is 0 Å². The number of rotatable bonds is 2. The van der Waals surface area contributed by atoms with E-state index in [-0.39, 0.29) is 6.04 Å². The minimum absolute atomic E-state index is 0.287. The van der Waals surface area contributed by atoms with Crippen molar-refractivity contribution in [2.75, 3.05) is 0 Å². The molecule has 0 unspecified atom stereocenters. The molecule has 1 fully saturated rings. The van der Waals surface area contributed by atoms with Gasteiger partial charge in [-0.05, 0) is 12.8 Å². The van der Waals surface area contributed by atoms with Crippen LogP contribution in [0.15, 0.2) is 0 Å². The molecule has 13 heavy (non-hydrogen) atoms. The first-order valence-electron chi connectivity index (χ1n) is 3.91. The first kappa shape index (κ1) is 10.3. The highest BCUT2D eigenvalue weighted by Crippen LogP contribution is 2.22. The van der Waals surface area contributed by atoms with E-state index < -0.39 is 24.6 Å². The van der Waals surface area contributed by atoms with Crippen molar-refractivity contribution in [3.8, 4) is 0 Å². The normalized spacial score (nSPS) is 28.0. The summed E-state index contributed by atoms with van der Waals surface area (Å²) in [5.41, 5.74) is 0. The lowest BCUT2D eigenvalue weighted by Gasteiger charge is -2.31. The quantitative estimate of drug-likeness (QED) is 0.680. The van der Waals surface area contributed by atoms with Gasteiger partial charge in [-0.25, -0.2) is 0 Å². The third kappa shape index (κ3) is 3.63. The van der Waals surface area contributed by atoms with Crippen LogP contribution in [0, 0.1) is 0 Å². The van der Waals surface area contributed by atoms with Gasteiger partial charge in [-0.1, -0.05) is 0 Å². The predicted octanol–water partition coefficient (Wildman–Crippen LogP) is 0.578. The average molecular weight is 197 g/mol. The molecule has 0 aromatic rings. The number of carbonyl (C=O) groups excluding carboxylic acids is 1. The van der Waals surface area contributed by atoms with Gasteiger partial charge in [-0.15, -0.1) is 0 Å². The second-order valence-corrected chi connectivity index (χ2v) is 3.18. The number of hydrogen-bond acceptors (Lipinski definition) is 2. The maximum absolute atomic E-state index is 11.6. The molecule has 0 aromatic carbocycles. The zero-order chi connectivity index (χ0) is 10.1. The second-order valence-electron chi connectivity index (χ2n) is 3.18. The van der Waals surface area contributed by atoms with E-state index in [0.29, 0.717) is 12.8 Å². The topological polar surface area (TPSA) is 49.3 Å². The lowest BCUT2D eigenvalue weighted by Crippen LogP contribution is -2.47. The monoisotopic (exact) mass is 197 g/mol. The molecule has 1 rings (SSSR count). The Hall–Kier alpha value is -0.780. The molecule has 0 aromatic heterocycles. The molecule has 0 heterocycles. The molecule has 0 saturated heterocycles. The van der Waals surface area contributed by atoms with Crippen molar-refractivity contribution in [3.05, 3.63) is 0 Å². The Labute approximate surface area is 72.9 Å². The minimum Gasteiger partial charge on any atom is -0.393 e. The van der Waals surface area contributed by atoms with Crippen LogP contribution in [0.2, 0.25) is 0 Å². The van der Waals surface area contributed by atoms with Gasteiger partial charge in [0.25, 0.3) is 0 Å². The molecule has 1 aliphatic rings. The van der Waals surface area contributed by atoms with Crippen LogP contribution in [0.5, 0.6) is 0 Å². The van der Waals surface area contributed by atoms with Crippen LogP contribution in [0.4, 0.5) is 13.2 Å². The van der Waals surface area contributed by atoms with E-state index in [9.17, 15) is 18.0 Å². The molecule has 0 spiro atoms. The molecule has 0 atom stereocenters. The SMILES string of the molecule is O=C(CC(F)(F)F)NC1CC(O)C1. The maximum atomic E-state index is 11.6. The van der Waals surface area contributed by atoms with Gasteiger partial charge in [-0.2, -0.15) is 13.2 Å². The van der Waals surface area contributed by atoms with Crippen molar-refractivity contribution in [3.63, 3.8) is 0 Å². The van der Waals surface area contributed by atoms with Crippen LogP contribution in [0.1, 0.15) is 19.3 Å². The molecule has 1 aliphatic carbocycles. The minimum atomic E-state index is -4.45. The Kier molecular flexibility index (Phi) is 2.80. The number of halogens is 3. The van der Waals surface area contributed by atoms with Crippen molar-refractivity contribution in [1.82, 2.24) is 5.32 Å². The molecule has 6 heteroatoms. The predicted molar refractivity (Wildman–Crippen MR) is 37.8 cm³/mol. The third-order valence-electron chi connectivity index (χ3n) is 1.84. The number of aliphatic hydroxyl groups is 1. The number of carbonyl (C=O) groups is 1. The molecule has 1 amide bonds. The van der Waals surface area contributed by atoms with Crippen LogP contribution in [-0.2, 0) is 4.79 Å². The van der Waals surface area contributed by atoms with Crippen LogP contribution in [0.3, 0.4) is 0 Å². The highest BCUT2D eigenvalue weighted by molar-refractivity contribution is 5.77. The van der Waals surface area contributed by atoms with Gasteiger partial charge in [0.2, 0.25) is 5.91 Å². The maximum Gasteiger partial charge on any atom is 0.397 e. The summed E-state index contributed by atoms with van der Waals surface area (Å²) >= 11 is 0. The average Bonchev–Trinajstić information content (AvgIpc) is 1.79. The summed E-state index contributed by atoms with van der Waals surface area (Å²) in [6, 6.07) is -0.287. The van der Waals surface area contributed by atoms with Gasteiger partial charge in [-0.3, -0.25) is 4.79 Å². The van der Waals surface area contributed by atoms with Gasteiger partial charge in [0, 0.05) is 6.04 Å². The van der Waals surface area contributed by atoms with E-state index in [1.165, 1.54) is 0 Å². The Morgan fingerprint density at radius 1 is 1.46 bits per heavy atom. The number of hydrogen-bond donors (Lipinski definition) is 2. The van der Waals surface area contributed by atoms with E-state index in [4.69, 9.17) is 5.11 Å².